The summed E-state index contributed by atoms with van der Waals surface area (Å²) >= 11 is 6.00. The Morgan fingerprint density at radius 1 is 1.57 bits per heavy atom. The molecule has 0 amide bonds. The van der Waals surface area contributed by atoms with Crippen LogP contribution in [0, 0.1) is 0 Å². The molecule has 1 aliphatic heterocycles. The Morgan fingerprint density at radius 2 is 2.36 bits per heavy atom. The van der Waals surface area contributed by atoms with E-state index in [1.807, 2.05) is 6.07 Å². The normalized spacial score (nSPS) is 16.2. The van der Waals surface area contributed by atoms with Crippen LogP contribution >= 0.6 is 11.6 Å². The fourth-order valence-corrected chi connectivity index (χ4v) is 1.91. The molecule has 3 N–H and O–H groups in total. The van der Waals surface area contributed by atoms with Crippen LogP contribution in [0.5, 0.6) is 5.75 Å². The summed E-state index contributed by atoms with van der Waals surface area (Å²) in [6.07, 6.45) is 0.207. The van der Waals surface area contributed by atoms with Crippen LogP contribution in [0.2, 0.25) is 5.02 Å². The minimum atomic E-state index is -0.640. The highest BCUT2D eigenvalue weighted by Gasteiger charge is 2.18. The maximum atomic E-state index is 9.56. The molecule has 1 heterocycles. The van der Waals surface area contributed by atoms with Crippen LogP contribution in [0.15, 0.2) is 12.1 Å². The molecule has 2 rings (SSSR count). The lowest BCUT2D eigenvalue weighted by Gasteiger charge is -2.10. The number of nitrogens with two attached hydrogens (primary N) is 1. The minimum Gasteiger partial charge on any atom is -0.491 e. The first-order valence-corrected chi connectivity index (χ1v) is 4.93. The molecule has 14 heavy (non-hydrogen) atoms. The Labute approximate surface area is 87.4 Å². The van der Waals surface area contributed by atoms with Gasteiger partial charge in [0.1, 0.15) is 5.75 Å². The summed E-state index contributed by atoms with van der Waals surface area (Å²) in [6.45, 7) is 0.868. The summed E-state index contributed by atoms with van der Waals surface area (Å²) in [5, 5.41) is 10.1. The van der Waals surface area contributed by atoms with Crippen molar-refractivity contribution in [2.24, 2.45) is 5.73 Å². The summed E-state index contributed by atoms with van der Waals surface area (Å²) in [4.78, 5) is 0. The highest BCUT2D eigenvalue weighted by atomic mass is 35.5. The van der Waals surface area contributed by atoms with Gasteiger partial charge in [-0.25, -0.2) is 0 Å². The molecular weight excluding hydrogens is 202 g/mol. The van der Waals surface area contributed by atoms with Crippen molar-refractivity contribution in [2.75, 3.05) is 13.2 Å². The van der Waals surface area contributed by atoms with Gasteiger partial charge in [-0.1, -0.05) is 11.6 Å². The molecule has 0 bridgehead atoms. The molecule has 3 nitrogen and oxygen atoms in total. The van der Waals surface area contributed by atoms with Crippen LogP contribution in [-0.2, 0) is 6.42 Å². The van der Waals surface area contributed by atoms with Crippen molar-refractivity contribution in [3.8, 4) is 5.75 Å². The van der Waals surface area contributed by atoms with E-state index in [1.54, 1.807) is 6.07 Å². The summed E-state index contributed by atoms with van der Waals surface area (Å²) < 4.78 is 5.35. The fraction of sp³-hybridized carbons (Fsp3) is 0.400. The Balaban J connectivity index is 2.41. The van der Waals surface area contributed by atoms with Crippen molar-refractivity contribution >= 4 is 11.6 Å². The molecule has 1 aromatic rings. The monoisotopic (exact) mass is 213 g/mol. The number of ether oxygens (including phenoxy) is 1. The van der Waals surface area contributed by atoms with Crippen molar-refractivity contribution in [1.82, 2.24) is 0 Å². The van der Waals surface area contributed by atoms with Gasteiger partial charge in [-0.2, -0.15) is 0 Å². The number of rotatable bonds is 2. The van der Waals surface area contributed by atoms with Gasteiger partial charge in [0.15, 0.2) is 0 Å². The van der Waals surface area contributed by atoms with E-state index >= 15 is 0 Å². The highest BCUT2D eigenvalue weighted by molar-refractivity contribution is 6.32. The number of hydrogen-bond acceptors (Lipinski definition) is 3. The molecule has 0 radical (unpaired) electrons. The predicted octanol–water partition coefficient (Wildman–Crippen LogP) is 1.27. The number of aliphatic hydroxyl groups is 1. The van der Waals surface area contributed by atoms with Crippen LogP contribution in [0.1, 0.15) is 17.2 Å². The Kier molecular flexibility index (Phi) is 2.63. The molecule has 0 fully saturated rings. The lowest BCUT2D eigenvalue weighted by atomic mass is 10.0. The third-order valence-electron chi connectivity index (χ3n) is 2.37. The molecule has 0 aliphatic carbocycles. The smallest absolute Gasteiger partial charge is 0.141 e. The summed E-state index contributed by atoms with van der Waals surface area (Å²) in [7, 11) is 0. The van der Waals surface area contributed by atoms with Crippen molar-refractivity contribution in [1.29, 1.82) is 0 Å². The molecule has 4 heteroatoms. The van der Waals surface area contributed by atoms with Gasteiger partial charge in [-0.15, -0.1) is 0 Å². The summed E-state index contributed by atoms with van der Waals surface area (Å²) in [5.74, 6) is 0.750. The largest absolute Gasteiger partial charge is 0.491 e. The van der Waals surface area contributed by atoms with Crippen LogP contribution in [0.3, 0.4) is 0 Å². The number of hydrogen-bond donors (Lipinski definition) is 2. The second-order valence-electron chi connectivity index (χ2n) is 3.34. The van der Waals surface area contributed by atoms with E-state index in [-0.39, 0.29) is 6.54 Å². The molecule has 0 saturated heterocycles. The maximum absolute atomic E-state index is 9.56. The third-order valence-corrected chi connectivity index (χ3v) is 2.65. The maximum Gasteiger partial charge on any atom is 0.141 e. The molecule has 1 unspecified atom stereocenters. The van der Waals surface area contributed by atoms with E-state index in [2.05, 4.69) is 0 Å². The van der Waals surface area contributed by atoms with E-state index in [1.165, 1.54) is 0 Å². The molecule has 76 valence electrons. The zero-order chi connectivity index (χ0) is 10.1. The Hall–Kier alpha value is -0.770. The average Bonchev–Trinajstić information content (AvgIpc) is 2.64. The van der Waals surface area contributed by atoms with Crippen LogP contribution in [0.25, 0.3) is 0 Å². The number of halogens is 1. The van der Waals surface area contributed by atoms with E-state index in [0.717, 1.165) is 23.3 Å². The van der Waals surface area contributed by atoms with E-state index in [4.69, 9.17) is 22.1 Å². The van der Waals surface area contributed by atoms with Gasteiger partial charge in [0.25, 0.3) is 0 Å². The molecular formula is C10H12ClNO2. The van der Waals surface area contributed by atoms with Crippen molar-refractivity contribution in [2.45, 2.75) is 12.5 Å². The van der Waals surface area contributed by atoms with Gasteiger partial charge in [0, 0.05) is 13.0 Å². The Bertz CT molecular complexity index is 354. The molecule has 0 aromatic heterocycles. The van der Waals surface area contributed by atoms with E-state index in [0.29, 0.717) is 11.6 Å². The second kappa shape index (κ2) is 3.77. The Morgan fingerprint density at radius 3 is 3.07 bits per heavy atom. The first-order chi connectivity index (χ1) is 6.72. The zero-order valence-electron chi connectivity index (χ0n) is 7.66. The standard InChI is InChI=1S/C10H12ClNO2/c11-8-4-7(9(13)5-12)3-6-1-2-14-10(6)8/h3-4,9,13H,1-2,5,12H2. The lowest BCUT2D eigenvalue weighted by molar-refractivity contribution is 0.186. The third kappa shape index (κ3) is 1.59. The quantitative estimate of drug-likeness (QED) is 0.778. The van der Waals surface area contributed by atoms with Crippen molar-refractivity contribution in [3.05, 3.63) is 28.3 Å². The minimum absolute atomic E-state index is 0.204. The van der Waals surface area contributed by atoms with Crippen LogP contribution in [0.4, 0.5) is 0 Å². The van der Waals surface area contributed by atoms with Gasteiger partial charge >= 0.3 is 0 Å². The molecule has 1 aliphatic rings. The lowest BCUT2D eigenvalue weighted by Crippen LogP contribution is -2.11. The number of aliphatic hydroxyl groups excluding tert-OH is 1. The average molecular weight is 214 g/mol. The number of benzene rings is 1. The molecule has 0 saturated carbocycles. The van der Waals surface area contributed by atoms with Crippen molar-refractivity contribution < 1.29 is 9.84 Å². The van der Waals surface area contributed by atoms with Crippen molar-refractivity contribution in [3.63, 3.8) is 0 Å². The topological polar surface area (TPSA) is 55.5 Å². The second-order valence-corrected chi connectivity index (χ2v) is 3.75. The molecule has 1 aromatic carbocycles. The summed E-state index contributed by atoms with van der Waals surface area (Å²) in [6, 6.07) is 3.62. The van der Waals surface area contributed by atoms with E-state index < -0.39 is 6.10 Å². The van der Waals surface area contributed by atoms with Gasteiger partial charge in [-0.05, 0) is 23.3 Å². The van der Waals surface area contributed by atoms with Gasteiger partial charge in [-0.3, -0.25) is 0 Å². The van der Waals surface area contributed by atoms with Gasteiger partial charge < -0.3 is 15.6 Å². The zero-order valence-corrected chi connectivity index (χ0v) is 8.42. The highest BCUT2D eigenvalue weighted by Crippen LogP contribution is 2.35. The van der Waals surface area contributed by atoms with Gasteiger partial charge in [0.05, 0.1) is 17.7 Å². The predicted molar refractivity (Wildman–Crippen MR) is 54.7 cm³/mol. The first-order valence-electron chi connectivity index (χ1n) is 4.55. The molecule has 1 atom stereocenters. The molecule has 0 spiro atoms. The number of fused-ring (bicyclic) bond motifs is 1. The summed E-state index contributed by atoms with van der Waals surface area (Å²) in [5.41, 5.74) is 7.20. The van der Waals surface area contributed by atoms with Gasteiger partial charge in [0.2, 0.25) is 0 Å². The SMILES string of the molecule is NCC(O)c1cc(Cl)c2c(c1)CCO2. The first kappa shape index (κ1) is 9.77. The van der Waals surface area contributed by atoms with E-state index in [9.17, 15) is 5.11 Å². The fourth-order valence-electron chi connectivity index (χ4n) is 1.61. The van der Waals surface area contributed by atoms with Crippen LogP contribution < -0.4 is 10.5 Å². The van der Waals surface area contributed by atoms with Crippen LogP contribution in [-0.4, -0.2) is 18.3 Å².